The number of hydrogen-bond acceptors (Lipinski definition) is 5. The van der Waals surface area contributed by atoms with E-state index in [9.17, 15) is 14.4 Å². The molecule has 1 aliphatic rings. The first kappa shape index (κ1) is 20.6. The molecule has 0 saturated heterocycles. The van der Waals surface area contributed by atoms with Crippen molar-refractivity contribution in [2.75, 3.05) is 19.8 Å². The summed E-state index contributed by atoms with van der Waals surface area (Å²) in [6, 6.07) is 8.94. The molecule has 1 fully saturated rings. The molecular formula is C22H26N2O5. The molecule has 7 heteroatoms. The summed E-state index contributed by atoms with van der Waals surface area (Å²) in [7, 11) is 0. The van der Waals surface area contributed by atoms with E-state index in [1.54, 1.807) is 24.3 Å². The number of hydrogen-bond donors (Lipinski definition) is 1. The molecule has 1 aromatic carbocycles. The Kier molecular flexibility index (Phi) is 6.36. The third-order valence-corrected chi connectivity index (χ3v) is 4.88. The SMILES string of the molecule is CCOc1ccc(C(=O)NCC(=O)OCC(=O)c2cc(C)n(C3CC3)c2C)cc1. The van der Waals surface area contributed by atoms with Gasteiger partial charge < -0.3 is 19.4 Å². The van der Waals surface area contributed by atoms with Gasteiger partial charge in [-0.3, -0.25) is 14.4 Å². The summed E-state index contributed by atoms with van der Waals surface area (Å²) in [6.45, 7) is 5.66. The third kappa shape index (κ3) is 5.04. The number of ketones is 1. The third-order valence-electron chi connectivity index (χ3n) is 4.88. The summed E-state index contributed by atoms with van der Waals surface area (Å²) in [5.74, 6) is -0.628. The fourth-order valence-corrected chi connectivity index (χ4v) is 3.35. The van der Waals surface area contributed by atoms with Crippen molar-refractivity contribution in [3.8, 4) is 5.75 Å². The summed E-state index contributed by atoms with van der Waals surface area (Å²) in [5, 5.41) is 2.49. The van der Waals surface area contributed by atoms with Crippen LogP contribution in [0.15, 0.2) is 30.3 Å². The maximum absolute atomic E-state index is 12.4. The van der Waals surface area contributed by atoms with Gasteiger partial charge in [-0.1, -0.05) is 0 Å². The van der Waals surface area contributed by atoms with Crippen LogP contribution in [-0.2, 0) is 9.53 Å². The first-order valence-electron chi connectivity index (χ1n) is 9.79. The smallest absolute Gasteiger partial charge is 0.325 e. The van der Waals surface area contributed by atoms with Crippen molar-refractivity contribution in [2.24, 2.45) is 0 Å². The summed E-state index contributed by atoms with van der Waals surface area (Å²) in [6.07, 6.45) is 2.26. The van der Waals surface area contributed by atoms with Crippen LogP contribution in [0.1, 0.15) is 57.9 Å². The number of carbonyl (C=O) groups is 3. The Hall–Kier alpha value is -3.09. The first-order valence-corrected chi connectivity index (χ1v) is 9.79. The molecule has 3 rings (SSSR count). The zero-order valence-electron chi connectivity index (χ0n) is 17.0. The Morgan fingerprint density at radius 3 is 2.45 bits per heavy atom. The van der Waals surface area contributed by atoms with Gasteiger partial charge in [0.2, 0.25) is 5.78 Å². The topological polar surface area (TPSA) is 86.6 Å². The Balaban J connectivity index is 1.46. The quantitative estimate of drug-likeness (QED) is 0.518. The molecule has 154 valence electrons. The van der Waals surface area contributed by atoms with E-state index < -0.39 is 11.9 Å². The van der Waals surface area contributed by atoms with E-state index in [0.29, 0.717) is 29.5 Å². The molecule has 1 aromatic heterocycles. The molecule has 1 amide bonds. The number of Topliss-reactive ketones (excluding diaryl/α,β-unsaturated/α-hetero) is 1. The highest BCUT2D eigenvalue weighted by atomic mass is 16.5. The van der Waals surface area contributed by atoms with Crippen LogP contribution < -0.4 is 10.1 Å². The normalized spacial score (nSPS) is 13.1. The average molecular weight is 398 g/mol. The van der Waals surface area contributed by atoms with E-state index in [4.69, 9.17) is 9.47 Å². The van der Waals surface area contributed by atoms with Gasteiger partial charge >= 0.3 is 5.97 Å². The second kappa shape index (κ2) is 8.94. The van der Waals surface area contributed by atoms with Crippen molar-refractivity contribution >= 4 is 17.7 Å². The number of rotatable bonds is 9. The van der Waals surface area contributed by atoms with Crippen molar-refractivity contribution in [3.63, 3.8) is 0 Å². The maximum atomic E-state index is 12.4. The zero-order valence-corrected chi connectivity index (χ0v) is 17.0. The maximum Gasteiger partial charge on any atom is 0.325 e. The van der Waals surface area contributed by atoms with Gasteiger partial charge in [-0.15, -0.1) is 0 Å². The highest BCUT2D eigenvalue weighted by Crippen LogP contribution is 2.38. The Morgan fingerprint density at radius 1 is 1.14 bits per heavy atom. The van der Waals surface area contributed by atoms with E-state index in [1.807, 2.05) is 26.8 Å². The zero-order chi connectivity index (χ0) is 21.0. The largest absolute Gasteiger partial charge is 0.494 e. The molecule has 1 saturated carbocycles. The number of carbonyl (C=O) groups excluding carboxylic acids is 3. The van der Waals surface area contributed by atoms with Crippen LogP contribution in [0.4, 0.5) is 0 Å². The predicted molar refractivity (Wildman–Crippen MR) is 107 cm³/mol. The van der Waals surface area contributed by atoms with Crippen molar-refractivity contribution in [2.45, 2.75) is 39.7 Å². The molecule has 0 spiro atoms. The number of ether oxygens (including phenoxy) is 2. The van der Waals surface area contributed by atoms with Crippen molar-refractivity contribution in [1.29, 1.82) is 0 Å². The summed E-state index contributed by atoms with van der Waals surface area (Å²) in [4.78, 5) is 36.5. The lowest BCUT2D eigenvalue weighted by Gasteiger charge is -2.08. The lowest BCUT2D eigenvalue weighted by molar-refractivity contribution is -0.141. The second-order valence-corrected chi connectivity index (χ2v) is 7.11. The second-order valence-electron chi connectivity index (χ2n) is 7.11. The highest BCUT2D eigenvalue weighted by molar-refractivity contribution is 6.00. The van der Waals surface area contributed by atoms with Gasteiger partial charge in [-0.25, -0.2) is 0 Å². The Morgan fingerprint density at radius 2 is 1.83 bits per heavy atom. The molecule has 0 radical (unpaired) electrons. The Labute approximate surface area is 170 Å². The molecule has 7 nitrogen and oxygen atoms in total. The van der Waals surface area contributed by atoms with Gasteiger partial charge in [0.1, 0.15) is 12.3 Å². The van der Waals surface area contributed by atoms with Gasteiger partial charge in [0.05, 0.1) is 6.61 Å². The molecule has 29 heavy (non-hydrogen) atoms. The van der Waals surface area contributed by atoms with E-state index >= 15 is 0 Å². The lowest BCUT2D eigenvalue weighted by Crippen LogP contribution is -2.31. The van der Waals surface area contributed by atoms with E-state index in [1.165, 1.54) is 0 Å². The molecule has 2 aromatic rings. The fraction of sp³-hybridized carbons (Fsp3) is 0.409. The summed E-state index contributed by atoms with van der Waals surface area (Å²) in [5.41, 5.74) is 2.95. The monoisotopic (exact) mass is 398 g/mol. The molecule has 0 aliphatic heterocycles. The van der Waals surface area contributed by atoms with Crippen LogP contribution >= 0.6 is 0 Å². The van der Waals surface area contributed by atoms with E-state index in [2.05, 4.69) is 9.88 Å². The minimum absolute atomic E-state index is 0.240. The number of nitrogens with zero attached hydrogens (tertiary/aromatic N) is 1. The van der Waals surface area contributed by atoms with Crippen molar-refractivity contribution < 1.29 is 23.9 Å². The number of aromatic nitrogens is 1. The lowest BCUT2D eigenvalue weighted by atomic mass is 10.1. The van der Waals surface area contributed by atoms with Crippen LogP contribution in [0, 0.1) is 13.8 Å². The molecular weight excluding hydrogens is 372 g/mol. The van der Waals surface area contributed by atoms with Crippen LogP contribution in [-0.4, -0.2) is 42.0 Å². The van der Waals surface area contributed by atoms with Crippen LogP contribution in [0.5, 0.6) is 5.75 Å². The molecule has 1 N–H and O–H groups in total. The number of nitrogens with one attached hydrogen (secondary N) is 1. The standard InChI is InChI=1S/C22H26N2O5/c1-4-28-18-9-5-16(6-10-18)22(27)23-12-21(26)29-13-20(25)19-11-14(2)24(15(19)3)17-7-8-17/h5-6,9-11,17H,4,7-8,12-13H2,1-3H3,(H,23,27). The van der Waals surface area contributed by atoms with Crippen LogP contribution in [0.25, 0.3) is 0 Å². The summed E-state index contributed by atoms with van der Waals surface area (Å²) < 4.78 is 12.5. The van der Waals surface area contributed by atoms with Gasteiger partial charge in [-0.2, -0.15) is 0 Å². The Bertz CT molecular complexity index is 910. The summed E-state index contributed by atoms with van der Waals surface area (Å²) >= 11 is 0. The van der Waals surface area contributed by atoms with Crippen LogP contribution in [0.3, 0.4) is 0 Å². The minimum Gasteiger partial charge on any atom is -0.494 e. The van der Waals surface area contributed by atoms with Crippen molar-refractivity contribution in [3.05, 3.63) is 52.8 Å². The highest BCUT2D eigenvalue weighted by Gasteiger charge is 2.28. The van der Waals surface area contributed by atoms with Gasteiger partial charge in [-0.05, 0) is 63.9 Å². The average Bonchev–Trinajstić information content (AvgIpc) is 3.49. The van der Waals surface area contributed by atoms with Crippen LogP contribution in [0.2, 0.25) is 0 Å². The number of aryl methyl sites for hydroxylation is 1. The number of benzene rings is 1. The molecule has 1 aliphatic carbocycles. The molecule has 1 heterocycles. The van der Waals surface area contributed by atoms with E-state index in [0.717, 1.165) is 24.2 Å². The van der Waals surface area contributed by atoms with Gasteiger partial charge in [0.25, 0.3) is 5.91 Å². The predicted octanol–water partition coefficient (Wildman–Crippen LogP) is 2.99. The van der Waals surface area contributed by atoms with Gasteiger partial charge in [0, 0.05) is 28.6 Å². The van der Waals surface area contributed by atoms with E-state index in [-0.39, 0.29) is 18.9 Å². The molecule has 0 unspecified atom stereocenters. The molecule has 0 atom stereocenters. The molecule has 0 bridgehead atoms. The first-order chi connectivity index (χ1) is 13.9. The van der Waals surface area contributed by atoms with Crippen molar-refractivity contribution in [1.82, 2.24) is 9.88 Å². The number of esters is 1. The fourth-order valence-electron chi connectivity index (χ4n) is 3.35. The minimum atomic E-state index is -0.659. The van der Waals surface area contributed by atoms with Gasteiger partial charge in [0.15, 0.2) is 6.61 Å². The number of amides is 1.